The van der Waals surface area contributed by atoms with Gasteiger partial charge in [-0.2, -0.15) is 5.10 Å². The number of hydrogen-bond acceptors (Lipinski definition) is 3. The number of nitrogens with one attached hydrogen (secondary N) is 2. The largest absolute Gasteiger partial charge is 0.489 e. The van der Waals surface area contributed by atoms with Gasteiger partial charge in [0, 0.05) is 6.20 Å². The number of hydrogen-bond donors (Lipinski definition) is 2. The first-order valence-corrected chi connectivity index (χ1v) is 5.85. The highest BCUT2D eigenvalue weighted by atomic mass is 19.1. The molecule has 0 unspecified atom stereocenters. The lowest BCUT2D eigenvalue weighted by molar-refractivity contribution is 0.0927. The normalized spacial score (nSPS) is 11.9. The molecule has 0 bridgehead atoms. The predicted octanol–water partition coefficient (Wildman–Crippen LogP) is 1.75. The molecule has 2 aromatic rings. The number of aromatic amines is 1. The molecule has 1 atom stereocenters. The van der Waals surface area contributed by atoms with E-state index in [1.54, 1.807) is 18.2 Å². The highest BCUT2D eigenvalue weighted by molar-refractivity contribution is 5.92. The number of carbonyl (C=O) groups is 1. The van der Waals surface area contributed by atoms with Crippen molar-refractivity contribution in [1.82, 2.24) is 15.5 Å². The molecular weight excluding hydrogens is 249 g/mol. The lowest BCUT2D eigenvalue weighted by Gasteiger charge is -2.15. The average molecular weight is 263 g/mol. The van der Waals surface area contributed by atoms with Crippen molar-refractivity contribution in [1.29, 1.82) is 0 Å². The maximum Gasteiger partial charge on any atom is 0.269 e. The number of amides is 1. The summed E-state index contributed by atoms with van der Waals surface area (Å²) >= 11 is 0. The van der Waals surface area contributed by atoms with Crippen molar-refractivity contribution in [2.45, 2.75) is 13.0 Å². The van der Waals surface area contributed by atoms with Gasteiger partial charge < -0.3 is 10.1 Å². The number of ether oxygens (including phenoxy) is 1. The second-order valence-electron chi connectivity index (χ2n) is 4.06. The van der Waals surface area contributed by atoms with Gasteiger partial charge >= 0.3 is 0 Å². The molecule has 100 valence electrons. The fourth-order valence-corrected chi connectivity index (χ4v) is 1.50. The first kappa shape index (κ1) is 13.1. The summed E-state index contributed by atoms with van der Waals surface area (Å²) in [5, 5.41) is 8.97. The van der Waals surface area contributed by atoms with Crippen LogP contribution in [0.4, 0.5) is 4.39 Å². The molecule has 1 aromatic heterocycles. The van der Waals surface area contributed by atoms with Crippen molar-refractivity contribution in [3.8, 4) is 5.75 Å². The van der Waals surface area contributed by atoms with Gasteiger partial charge in [-0.3, -0.25) is 9.89 Å². The summed E-state index contributed by atoms with van der Waals surface area (Å²) in [6.45, 7) is 2.16. The van der Waals surface area contributed by atoms with E-state index >= 15 is 0 Å². The Balaban J connectivity index is 1.80. The van der Waals surface area contributed by atoms with Gasteiger partial charge in [0.1, 0.15) is 23.4 Å². The fraction of sp³-hybridized carbons (Fsp3) is 0.231. The molecule has 1 amide bonds. The summed E-state index contributed by atoms with van der Waals surface area (Å²) in [7, 11) is 0. The zero-order valence-electron chi connectivity index (χ0n) is 10.4. The molecule has 0 saturated carbocycles. The summed E-state index contributed by atoms with van der Waals surface area (Å²) in [6, 6.07) is 7.32. The van der Waals surface area contributed by atoms with Crippen LogP contribution in [0, 0.1) is 5.82 Å². The number of rotatable bonds is 5. The molecule has 0 aliphatic heterocycles. The number of halogens is 1. The number of aromatic nitrogens is 2. The highest BCUT2D eigenvalue weighted by Crippen LogP contribution is 2.12. The summed E-state index contributed by atoms with van der Waals surface area (Å²) in [6.07, 6.45) is 1.28. The second kappa shape index (κ2) is 5.99. The predicted molar refractivity (Wildman–Crippen MR) is 67.4 cm³/mol. The molecule has 0 radical (unpaired) electrons. The van der Waals surface area contributed by atoms with Gasteiger partial charge in [-0.05, 0) is 37.3 Å². The van der Waals surface area contributed by atoms with E-state index in [2.05, 4.69) is 15.5 Å². The number of nitrogens with zero attached hydrogens (tertiary/aromatic N) is 1. The Morgan fingerprint density at radius 1 is 1.42 bits per heavy atom. The van der Waals surface area contributed by atoms with Crippen molar-refractivity contribution in [2.24, 2.45) is 0 Å². The summed E-state index contributed by atoms with van der Waals surface area (Å²) < 4.78 is 18.2. The molecule has 0 aliphatic rings. The Hall–Kier alpha value is -2.37. The van der Waals surface area contributed by atoms with E-state index in [1.807, 2.05) is 6.92 Å². The first-order valence-electron chi connectivity index (χ1n) is 5.85. The van der Waals surface area contributed by atoms with E-state index < -0.39 is 0 Å². The standard InChI is InChI=1S/C13H14FN3O2/c1-9(19-11-4-2-10(14)3-5-11)8-15-13(18)12-6-7-16-17-12/h2-7,9H,8H2,1H3,(H,15,18)(H,16,17)/t9-/m0/s1. The van der Waals surface area contributed by atoms with Crippen molar-refractivity contribution in [2.75, 3.05) is 6.54 Å². The smallest absolute Gasteiger partial charge is 0.269 e. The van der Waals surface area contributed by atoms with E-state index in [1.165, 1.54) is 18.3 Å². The zero-order chi connectivity index (χ0) is 13.7. The lowest BCUT2D eigenvalue weighted by Crippen LogP contribution is -2.33. The topological polar surface area (TPSA) is 67.0 Å². The molecule has 0 aliphatic carbocycles. The summed E-state index contributed by atoms with van der Waals surface area (Å²) in [5.74, 6) is 0.00398. The molecule has 1 heterocycles. The molecule has 2 rings (SSSR count). The van der Waals surface area contributed by atoms with E-state index in [9.17, 15) is 9.18 Å². The maximum absolute atomic E-state index is 12.7. The third kappa shape index (κ3) is 3.80. The molecule has 2 N–H and O–H groups in total. The molecule has 6 heteroatoms. The van der Waals surface area contributed by atoms with Crippen LogP contribution in [-0.2, 0) is 0 Å². The molecule has 5 nitrogen and oxygen atoms in total. The third-order valence-corrected chi connectivity index (χ3v) is 2.45. The van der Waals surface area contributed by atoms with Crippen molar-refractivity contribution in [3.05, 3.63) is 48.0 Å². The monoisotopic (exact) mass is 263 g/mol. The van der Waals surface area contributed by atoms with Crippen molar-refractivity contribution in [3.63, 3.8) is 0 Å². The Morgan fingerprint density at radius 3 is 2.79 bits per heavy atom. The number of carbonyl (C=O) groups excluding carboxylic acids is 1. The van der Waals surface area contributed by atoms with Gasteiger partial charge in [0.15, 0.2) is 0 Å². The minimum Gasteiger partial charge on any atom is -0.489 e. The van der Waals surface area contributed by atoms with Crippen LogP contribution < -0.4 is 10.1 Å². The first-order chi connectivity index (χ1) is 9.15. The van der Waals surface area contributed by atoms with Gasteiger partial charge in [-0.25, -0.2) is 4.39 Å². The second-order valence-corrected chi connectivity index (χ2v) is 4.06. The van der Waals surface area contributed by atoms with Crippen LogP contribution in [0.3, 0.4) is 0 Å². The summed E-state index contributed by atoms with van der Waals surface area (Å²) in [5.41, 5.74) is 0.397. The maximum atomic E-state index is 12.7. The van der Waals surface area contributed by atoms with Gasteiger partial charge in [0.2, 0.25) is 0 Å². The van der Waals surface area contributed by atoms with Gasteiger partial charge in [-0.15, -0.1) is 0 Å². The molecule has 1 aromatic carbocycles. The number of benzene rings is 1. The van der Waals surface area contributed by atoms with Crippen molar-refractivity contribution < 1.29 is 13.9 Å². The minimum absolute atomic E-state index is 0.225. The molecule has 0 spiro atoms. The Kier molecular flexibility index (Phi) is 4.12. The molecular formula is C13H14FN3O2. The van der Waals surface area contributed by atoms with Gasteiger partial charge in [-0.1, -0.05) is 0 Å². The van der Waals surface area contributed by atoms with E-state index in [0.717, 1.165) is 0 Å². The zero-order valence-corrected chi connectivity index (χ0v) is 10.4. The van der Waals surface area contributed by atoms with Crippen LogP contribution in [0.2, 0.25) is 0 Å². The number of H-pyrrole nitrogens is 1. The van der Waals surface area contributed by atoms with Gasteiger partial charge in [0.25, 0.3) is 5.91 Å². The van der Waals surface area contributed by atoms with E-state index in [0.29, 0.717) is 18.0 Å². The average Bonchev–Trinajstić information content (AvgIpc) is 2.93. The summed E-state index contributed by atoms with van der Waals surface area (Å²) in [4.78, 5) is 11.6. The minimum atomic E-state index is -0.312. The molecule has 19 heavy (non-hydrogen) atoms. The SMILES string of the molecule is C[C@@H](CNC(=O)c1ccn[nH]1)Oc1ccc(F)cc1. The van der Waals surface area contributed by atoms with Gasteiger partial charge in [0.05, 0.1) is 6.54 Å². The van der Waals surface area contributed by atoms with Crippen LogP contribution in [0.5, 0.6) is 5.75 Å². The van der Waals surface area contributed by atoms with Crippen LogP contribution in [0.1, 0.15) is 17.4 Å². The van der Waals surface area contributed by atoms with Crippen molar-refractivity contribution >= 4 is 5.91 Å². The van der Waals surface area contributed by atoms with E-state index in [4.69, 9.17) is 4.74 Å². The van der Waals surface area contributed by atoms with Crippen LogP contribution in [0.25, 0.3) is 0 Å². The molecule has 0 saturated heterocycles. The third-order valence-electron chi connectivity index (χ3n) is 2.45. The molecule has 0 fully saturated rings. The fourth-order valence-electron chi connectivity index (χ4n) is 1.50. The Bertz CT molecular complexity index is 525. The van der Waals surface area contributed by atoms with Crippen LogP contribution >= 0.6 is 0 Å². The van der Waals surface area contributed by atoms with Crippen LogP contribution in [0.15, 0.2) is 36.5 Å². The highest BCUT2D eigenvalue weighted by Gasteiger charge is 2.09. The Labute approximate surface area is 109 Å². The lowest BCUT2D eigenvalue weighted by atomic mass is 10.3. The quantitative estimate of drug-likeness (QED) is 0.863. The van der Waals surface area contributed by atoms with E-state index in [-0.39, 0.29) is 17.8 Å². The Morgan fingerprint density at radius 2 is 2.16 bits per heavy atom. The van der Waals surface area contributed by atoms with Crippen LogP contribution in [-0.4, -0.2) is 28.8 Å².